The molecule has 4 rings (SSSR count). The third kappa shape index (κ3) is 4.88. The van der Waals surface area contributed by atoms with Gasteiger partial charge in [-0.3, -0.25) is 4.90 Å². The molecule has 1 aromatic heterocycles. The summed E-state index contributed by atoms with van der Waals surface area (Å²) in [4.78, 5) is 6.13. The van der Waals surface area contributed by atoms with Crippen LogP contribution in [-0.2, 0) is 13.1 Å². The minimum Gasteiger partial charge on any atom is -0.381 e. The van der Waals surface area contributed by atoms with E-state index in [1.807, 2.05) is 6.07 Å². The van der Waals surface area contributed by atoms with Crippen molar-refractivity contribution >= 4 is 23.5 Å². The second-order valence-corrected chi connectivity index (χ2v) is 7.87. The summed E-state index contributed by atoms with van der Waals surface area (Å²) in [5.41, 5.74) is 1.65. The van der Waals surface area contributed by atoms with Crippen molar-refractivity contribution in [3.8, 4) is 0 Å². The lowest BCUT2D eigenvalue weighted by molar-refractivity contribution is 0.172. The summed E-state index contributed by atoms with van der Waals surface area (Å²) >= 11 is 0.815. The first-order valence-electron chi connectivity index (χ1n) is 9.65. The average Bonchev–Trinajstić information content (AvgIpc) is 2.70. The lowest BCUT2D eigenvalue weighted by atomic mass is 10.0. The monoisotopic (exact) mass is 430 g/mol. The minimum absolute atomic E-state index is 0.146. The van der Waals surface area contributed by atoms with Crippen LogP contribution in [0.3, 0.4) is 0 Å². The zero-order chi connectivity index (χ0) is 20.9. The van der Waals surface area contributed by atoms with Crippen molar-refractivity contribution in [1.29, 1.82) is 0 Å². The molecule has 8 heteroatoms. The highest BCUT2D eigenvalue weighted by Gasteiger charge is 2.18. The lowest BCUT2D eigenvalue weighted by Crippen LogP contribution is -2.36. The summed E-state index contributed by atoms with van der Waals surface area (Å²) < 4.78 is 46.2. The van der Waals surface area contributed by atoms with E-state index in [0.717, 1.165) is 37.0 Å². The van der Waals surface area contributed by atoms with Crippen LogP contribution in [0.5, 0.6) is 0 Å². The fraction of sp³-hybridized carbons (Fsp3) is 0.227. The predicted molar refractivity (Wildman–Crippen MR) is 114 cm³/mol. The summed E-state index contributed by atoms with van der Waals surface area (Å²) in [6.07, 6.45) is 2.74. The van der Waals surface area contributed by atoms with Gasteiger partial charge in [-0.2, -0.15) is 0 Å². The first-order valence-corrected chi connectivity index (χ1v) is 10.5. The molecule has 2 heterocycles. The molecule has 0 radical (unpaired) electrons. The number of likely N-dealkylation sites (tertiary alicyclic amines) is 1. The molecular formula is C22H21F3N4S. The lowest BCUT2D eigenvalue weighted by Gasteiger charge is -2.31. The van der Waals surface area contributed by atoms with Crippen LogP contribution in [0.1, 0.15) is 17.5 Å². The van der Waals surface area contributed by atoms with E-state index in [1.54, 1.807) is 30.5 Å². The average molecular weight is 430 g/mol. The first-order chi connectivity index (χ1) is 14.6. The number of benzene rings is 2. The molecule has 0 spiro atoms. The topological polar surface area (TPSA) is 40.2 Å². The Hall–Kier alpha value is -2.71. The summed E-state index contributed by atoms with van der Waals surface area (Å²) in [5.74, 6) is -1.24. The van der Waals surface area contributed by atoms with Crippen molar-refractivity contribution < 1.29 is 13.2 Å². The number of nitrogens with zero attached hydrogens (tertiary/aromatic N) is 2. The normalized spacial score (nSPS) is 13.7. The maximum atomic E-state index is 14.5. The van der Waals surface area contributed by atoms with Crippen LogP contribution in [0.15, 0.2) is 59.6 Å². The Labute approximate surface area is 177 Å². The number of rotatable bonds is 8. The number of hydrogen-bond acceptors (Lipinski definition) is 5. The molecule has 1 fully saturated rings. The van der Waals surface area contributed by atoms with E-state index in [2.05, 4.69) is 19.9 Å². The molecule has 4 nitrogen and oxygen atoms in total. The number of aromatic nitrogens is 1. The number of anilines is 2. The summed E-state index contributed by atoms with van der Waals surface area (Å²) in [5, 5.41) is 2.95. The van der Waals surface area contributed by atoms with Crippen LogP contribution >= 0.6 is 11.9 Å². The van der Waals surface area contributed by atoms with Gasteiger partial charge >= 0.3 is 0 Å². The van der Waals surface area contributed by atoms with Gasteiger partial charge in [0, 0.05) is 30.5 Å². The standard InChI is InChI=1S/C22H21F3N4S/c23-18-6-3-5-15(14-29-9-4-10-29)17(18)13-27-16-11-19(24)22(20(25)12-16)30-28-21-7-1-2-8-26-21/h1-3,5-8,11-12,27H,4,9-10,13-14H2,(H,26,28). The molecular weight excluding hydrogens is 409 g/mol. The molecule has 3 aromatic rings. The van der Waals surface area contributed by atoms with Gasteiger partial charge in [0.2, 0.25) is 0 Å². The second kappa shape index (κ2) is 9.40. The van der Waals surface area contributed by atoms with Crippen LogP contribution in [0.4, 0.5) is 24.7 Å². The molecule has 1 aliphatic heterocycles. The van der Waals surface area contributed by atoms with E-state index in [1.165, 1.54) is 18.2 Å². The van der Waals surface area contributed by atoms with Crippen LogP contribution < -0.4 is 10.0 Å². The number of halogens is 3. The van der Waals surface area contributed by atoms with Crippen molar-refractivity contribution in [2.45, 2.75) is 24.4 Å². The zero-order valence-electron chi connectivity index (χ0n) is 16.2. The van der Waals surface area contributed by atoms with Gasteiger partial charge in [-0.25, -0.2) is 18.2 Å². The Morgan fingerprint density at radius 2 is 1.77 bits per heavy atom. The van der Waals surface area contributed by atoms with Gasteiger partial charge in [-0.1, -0.05) is 18.2 Å². The molecule has 2 aromatic carbocycles. The zero-order valence-corrected chi connectivity index (χ0v) is 17.0. The summed E-state index contributed by atoms with van der Waals surface area (Å²) in [7, 11) is 0. The van der Waals surface area contributed by atoms with Crippen molar-refractivity contribution in [3.63, 3.8) is 0 Å². The van der Waals surface area contributed by atoms with Gasteiger partial charge in [0.1, 0.15) is 28.2 Å². The smallest absolute Gasteiger partial charge is 0.143 e. The largest absolute Gasteiger partial charge is 0.381 e. The molecule has 0 bridgehead atoms. The second-order valence-electron chi connectivity index (χ2n) is 7.05. The van der Waals surface area contributed by atoms with E-state index in [-0.39, 0.29) is 22.9 Å². The van der Waals surface area contributed by atoms with Crippen LogP contribution in [0, 0.1) is 17.5 Å². The van der Waals surface area contributed by atoms with Crippen molar-refractivity contribution in [2.24, 2.45) is 0 Å². The molecule has 0 amide bonds. The van der Waals surface area contributed by atoms with Crippen LogP contribution in [-0.4, -0.2) is 23.0 Å². The van der Waals surface area contributed by atoms with Gasteiger partial charge < -0.3 is 10.0 Å². The molecule has 0 unspecified atom stereocenters. The van der Waals surface area contributed by atoms with E-state index in [4.69, 9.17) is 0 Å². The summed E-state index contributed by atoms with van der Waals surface area (Å²) in [6.45, 7) is 2.83. The highest BCUT2D eigenvalue weighted by atomic mass is 32.2. The maximum Gasteiger partial charge on any atom is 0.143 e. The Bertz CT molecular complexity index is 990. The predicted octanol–water partition coefficient (Wildman–Crippen LogP) is 5.44. The fourth-order valence-electron chi connectivity index (χ4n) is 3.21. The highest BCUT2D eigenvalue weighted by Crippen LogP contribution is 2.29. The van der Waals surface area contributed by atoms with Gasteiger partial charge in [-0.15, -0.1) is 0 Å². The molecule has 1 saturated heterocycles. The van der Waals surface area contributed by atoms with E-state index in [9.17, 15) is 13.2 Å². The third-order valence-electron chi connectivity index (χ3n) is 4.95. The van der Waals surface area contributed by atoms with Crippen LogP contribution in [0.2, 0.25) is 0 Å². The minimum atomic E-state index is -0.708. The van der Waals surface area contributed by atoms with Crippen molar-refractivity contribution in [3.05, 3.63) is 83.3 Å². The van der Waals surface area contributed by atoms with Crippen molar-refractivity contribution in [1.82, 2.24) is 9.88 Å². The Morgan fingerprint density at radius 1 is 0.967 bits per heavy atom. The number of hydrogen-bond donors (Lipinski definition) is 2. The fourth-order valence-corrected chi connectivity index (χ4v) is 3.85. The number of nitrogens with one attached hydrogen (secondary N) is 2. The Kier molecular flexibility index (Phi) is 6.44. The molecule has 0 aliphatic carbocycles. The van der Waals surface area contributed by atoms with Crippen molar-refractivity contribution in [2.75, 3.05) is 23.1 Å². The molecule has 1 aliphatic rings. The first kappa shape index (κ1) is 20.6. The van der Waals surface area contributed by atoms with Crippen LogP contribution in [0.25, 0.3) is 0 Å². The molecule has 0 atom stereocenters. The van der Waals surface area contributed by atoms with E-state index in [0.29, 0.717) is 17.9 Å². The Morgan fingerprint density at radius 3 is 2.43 bits per heavy atom. The van der Waals surface area contributed by atoms with E-state index < -0.39 is 11.6 Å². The molecule has 30 heavy (non-hydrogen) atoms. The molecule has 0 saturated carbocycles. The summed E-state index contributed by atoms with van der Waals surface area (Å²) in [6, 6.07) is 12.6. The van der Waals surface area contributed by atoms with Gasteiger partial charge in [0.15, 0.2) is 0 Å². The Balaban J connectivity index is 1.44. The van der Waals surface area contributed by atoms with Gasteiger partial charge in [0.05, 0.1) is 0 Å². The number of pyridine rings is 1. The SMILES string of the molecule is Fc1cccc(CN2CCC2)c1CNc1cc(F)c(SNc2ccccn2)c(F)c1. The van der Waals surface area contributed by atoms with E-state index >= 15 is 0 Å². The van der Waals surface area contributed by atoms with Gasteiger partial charge in [0.25, 0.3) is 0 Å². The third-order valence-corrected chi connectivity index (χ3v) is 5.85. The molecule has 156 valence electrons. The quantitative estimate of drug-likeness (QED) is 0.466. The maximum absolute atomic E-state index is 14.5. The van der Waals surface area contributed by atoms with Gasteiger partial charge in [-0.05, 0) is 67.4 Å². The molecule has 2 N–H and O–H groups in total. The highest BCUT2D eigenvalue weighted by molar-refractivity contribution is 8.00.